The Balaban J connectivity index is 1.04. The van der Waals surface area contributed by atoms with E-state index in [-0.39, 0.29) is 24.6 Å². The van der Waals surface area contributed by atoms with Gasteiger partial charge < -0.3 is 28.7 Å². The Morgan fingerprint density at radius 1 is 0.667 bits per heavy atom. The molecule has 1 saturated heterocycles. The van der Waals surface area contributed by atoms with Crippen molar-refractivity contribution in [3.05, 3.63) is 144 Å². The van der Waals surface area contributed by atoms with E-state index in [1.165, 1.54) is 70.5 Å². The molecule has 7 rings (SSSR count). The lowest BCUT2D eigenvalue weighted by molar-refractivity contribution is -1.09. The molecule has 0 spiro atoms. The van der Waals surface area contributed by atoms with Gasteiger partial charge in [-0.05, 0) is 97.4 Å². The first kappa shape index (κ1) is 62.6. The minimum Gasteiger partial charge on any atom is -0.497 e. The first-order valence-corrected chi connectivity index (χ1v) is 32.6. The molecule has 15 heteroatoms. The number of carbonyl (C=O) groups excluding carboxylic acids is 2. The molecule has 1 amide bonds. The number of fused-ring (bicyclic) bond motifs is 1. The summed E-state index contributed by atoms with van der Waals surface area (Å²) in [6.45, 7) is 18.3. The van der Waals surface area contributed by atoms with Gasteiger partial charge in [0.05, 0.1) is 39.7 Å². The quantitative estimate of drug-likeness (QED) is 0.0133. The molecule has 0 bridgehead atoms. The minimum absolute atomic E-state index is 0.0561. The molecule has 3 heterocycles. The van der Waals surface area contributed by atoms with Gasteiger partial charge >= 0.3 is 5.97 Å². The molecule has 81 heavy (non-hydrogen) atoms. The molecule has 14 nitrogen and oxygen atoms in total. The minimum atomic E-state index is -2.48. The average molecular weight is 1130 g/mol. The van der Waals surface area contributed by atoms with E-state index in [0.29, 0.717) is 51.1 Å². The Labute approximate surface area is 484 Å². The standard InChI is InChI=1S/C66H92N6O8Si/c1-10-72(11-2,12-3)79-61(73)36-30-22-20-18-16-14-13-15-17-19-21-23-31-45-81(50(4)5,51(6)7)80-58-46-60(71-49-69-62-63(67-48-68-64(62)71)70-65(74)52-32-26-24-27-33-52)78-59(58)47-77-66(53-34-28-25-29-35-53,54-37-41-56(75-8)42-38-54)55-39-43-57(76-9)44-40-55/h24-29,32-35,37-44,48-51,58-60H,10-23,30-31,36,45-47H2,1-9H3/p+1/t58-,59+,60+/m0/s1. The van der Waals surface area contributed by atoms with Gasteiger partial charge in [-0.1, -0.05) is 178 Å². The van der Waals surface area contributed by atoms with Gasteiger partial charge in [0.2, 0.25) is 0 Å². The molecule has 0 radical (unpaired) electrons. The highest BCUT2D eigenvalue weighted by Gasteiger charge is 2.49. The van der Waals surface area contributed by atoms with Crippen LogP contribution in [0.1, 0.15) is 178 Å². The molecule has 1 aliphatic heterocycles. The summed E-state index contributed by atoms with van der Waals surface area (Å²) in [5.74, 6) is 1.49. The topological polar surface area (TPSA) is 145 Å². The van der Waals surface area contributed by atoms with Gasteiger partial charge in [0, 0.05) is 12.0 Å². The Hall–Kier alpha value is -5.97. The number of hydroxylamine groups is 3. The molecular weight excluding hydrogens is 1030 g/mol. The van der Waals surface area contributed by atoms with E-state index >= 15 is 0 Å². The molecule has 0 aliphatic carbocycles. The van der Waals surface area contributed by atoms with Gasteiger partial charge in [0.25, 0.3) is 5.91 Å². The fourth-order valence-electron chi connectivity index (χ4n) is 11.9. The van der Waals surface area contributed by atoms with Crippen LogP contribution >= 0.6 is 0 Å². The van der Waals surface area contributed by atoms with Crippen LogP contribution < -0.4 is 14.8 Å². The van der Waals surface area contributed by atoms with E-state index in [2.05, 4.69) is 95.2 Å². The Morgan fingerprint density at radius 2 is 1.17 bits per heavy atom. The maximum atomic E-state index is 13.4. The number of hydrogen-bond donors (Lipinski definition) is 1. The lowest BCUT2D eigenvalue weighted by Crippen LogP contribution is -2.50. The summed E-state index contributed by atoms with van der Waals surface area (Å²) >= 11 is 0. The van der Waals surface area contributed by atoms with Crippen LogP contribution in [0.15, 0.2) is 122 Å². The summed E-state index contributed by atoms with van der Waals surface area (Å²) in [5, 5.41) is 2.97. The summed E-state index contributed by atoms with van der Waals surface area (Å²) in [6, 6.07) is 36.7. The number of nitrogens with one attached hydrogen (secondary N) is 1. The Kier molecular flexibility index (Phi) is 23.9. The molecule has 2 aromatic heterocycles. The second kappa shape index (κ2) is 30.9. The number of hydrogen-bond acceptors (Lipinski definition) is 11. The second-order valence-corrected chi connectivity index (χ2v) is 27.5. The number of quaternary nitrogens is 1. The predicted molar refractivity (Wildman–Crippen MR) is 325 cm³/mol. The van der Waals surface area contributed by atoms with E-state index in [9.17, 15) is 9.59 Å². The molecule has 0 saturated carbocycles. The van der Waals surface area contributed by atoms with Crippen molar-refractivity contribution in [2.75, 3.05) is 45.8 Å². The third kappa shape index (κ3) is 16.0. The van der Waals surface area contributed by atoms with Crippen LogP contribution in [0.25, 0.3) is 11.2 Å². The molecular formula is C66H93N6O8Si+. The number of anilines is 1. The molecule has 1 aliphatic rings. The van der Waals surface area contributed by atoms with E-state index in [0.717, 1.165) is 73.1 Å². The van der Waals surface area contributed by atoms with Crippen LogP contribution in [-0.4, -0.2) is 97.0 Å². The summed E-state index contributed by atoms with van der Waals surface area (Å²) in [5.41, 5.74) is 4.00. The van der Waals surface area contributed by atoms with Crippen molar-refractivity contribution in [2.24, 2.45) is 0 Å². The van der Waals surface area contributed by atoms with Gasteiger partial charge in [0.15, 0.2) is 25.3 Å². The smallest absolute Gasteiger partial charge is 0.366 e. The molecule has 1 N–H and O–H groups in total. The number of aromatic nitrogens is 4. The average Bonchev–Trinajstić information content (AvgIpc) is 4.31. The summed E-state index contributed by atoms with van der Waals surface area (Å²) in [4.78, 5) is 45.6. The molecule has 438 valence electrons. The van der Waals surface area contributed by atoms with Gasteiger partial charge in [-0.15, -0.1) is 4.65 Å². The molecule has 1 fully saturated rings. The number of methoxy groups -OCH3 is 2. The van der Waals surface area contributed by atoms with Crippen LogP contribution in [0, 0.1) is 0 Å². The second-order valence-electron chi connectivity index (χ2n) is 22.5. The van der Waals surface area contributed by atoms with Crippen molar-refractivity contribution < 1.29 is 42.4 Å². The number of unbranched alkanes of at least 4 members (excludes halogenated alkanes) is 12. The number of nitrogens with zero attached hydrogens (tertiary/aromatic N) is 5. The van der Waals surface area contributed by atoms with Crippen molar-refractivity contribution in [1.82, 2.24) is 19.5 Å². The first-order chi connectivity index (χ1) is 39.3. The fourth-order valence-corrected chi connectivity index (χ4v) is 16.7. The summed E-state index contributed by atoms with van der Waals surface area (Å²) < 4.78 is 36.4. The lowest BCUT2D eigenvalue weighted by atomic mass is 9.80. The summed E-state index contributed by atoms with van der Waals surface area (Å²) in [7, 11) is 0.874. The van der Waals surface area contributed by atoms with Crippen LogP contribution in [0.4, 0.5) is 5.82 Å². The van der Waals surface area contributed by atoms with Gasteiger partial charge in [-0.25, -0.2) is 19.7 Å². The van der Waals surface area contributed by atoms with Gasteiger partial charge in [0.1, 0.15) is 55.4 Å². The molecule has 6 aromatic rings. The largest absolute Gasteiger partial charge is 0.497 e. The number of benzene rings is 4. The maximum Gasteiger partial charge on any atom is 0.366 e. The molecule has 0 unspecified atom stereocenters. The van der Waals surface area contributed by atoms with Crippen molar-refractivity contribution in [3.8, 4) is 11.5 Å². The zero-order valence-corrected chi connectivity index (χ0v) is 51.1. The van der Waals surface area contributed by atoms with Crippen LogP contribution in [0.3, 0.4) is 0 Å². The third-order valence-electron chi connectivity index (χ3n) is 17.1. The van der Waals surface area contributed by atoms with Crippen LogP contribution in [0.2, 0.25) is 17.1 Å². The number of ether oxygens (including phenoxy) is 4. The fraction of sp³-hybridized carbons (Fsp3) is 0.530. The number of rotatable bonds is 35. The van der Waals surface area contributed by atoms with Crippen molar-refractivity contribution in [3.63, 3.8) is 0 Å². The Bertz CT molecular complexity index is 2750. The molecule has 4 aromatic carbocycles. The lowest BCUT2D eigenvalue weighted by Gasteiger charge is -2.42. The number of carbonyl (C=O) groups is 2. The molecule has 3 atom stereocenters. The predicted octanol–water partition coefficient (Wildman–Crippen LogP) is 15.3. The Morgan fingerprint density at radius 3 is 1.69 bits per heavy atom. The van der Waals surface area contributed by atoms with Gasteiger partial charge in [-0.3, -0.25) is 14.2 Å². The zero-order valence-electron chi connectivity index (χ0n) is 50.1. The highest BCUT2D eigenvalue weighted by molar-refractivity contribution is 6.76. The number of amides is 1. The maximum absolute atomic E-state index is 13.4. The zero-order chi connectivity index (χ0) is 57.7. The monoisotopic (exact) mass is 1130 g/mol. The van der Waals surface area contributed by atoms with E-state index < -0.39 is 26.3 Å². The normalized spacial score (nSPS) is 15.9. The van der Waals surface area contributed by atoms with Gasteiger partial charge in [-0.2, -0.15) is 0 Å². The van der Waals surface area contributed by atoms with Crippen molar-refractivity contribution >= 4 is 37.2 Å². The van der Waals surface area contributed by atoms with Crippen molar-refractivity contribution in [1.29, 1.82) is 0 Å². The van der Waals surface area contributed by atoms with Crippen molar-refractivity contribution in [2.45, 2.75) is 186 Å². The summed E-state index contributed by atoms with van der Waals surface area (Å²) in [6.07, 6.45) is 18.6. The number of imidazole rings is 1. The highest BCUT2D eigenvalue weighted by Crippen LogP contribution is 2.46. The van der Waals surface area contributed by atoms with E-state index in [1.807, 2.05) is 65.2 Å². The van der Waals surface area contributed by atoms with E-state index in [1.54, 1.807) is 32.7 Å². The third-order valence-corrected chi connectivity index (χ3v) is 22.8. The van der Waals surface area contributed by atoms with Crippen LogP contribution in [0.5, 0.6) is 11.5 Å². The van der Waals surface area contributed by atoms with Crippen LogP contribution in [-0.2, 0) is 29.1 Å². The SMILES string of the molecule is CC[N+](CC)(CC)OC(=O)CCCCCCCCCCCCCCC[Si](O[C@H]1C[C@H](n2cnc3c(NC(=O)c4ccccc4)ncnc32)O[C@@H]1COC(c1ccccc1)(c1ccc(OC)cc1)c1ccc(OC)cc1)(C(C)C)C(C)C. The first-order valence-electron chi connectivity index (χ1n) is 30.3. The van der Waals surface area contributed by atoms with E-state index in [4.69, 9.17) is 38.2 Å². The highest BCUT2D eigenvalue weighted by atomic mass is 28.4.